The fraction of sp³-hybridized carbons (Fsp3) is 0.0500. The molecule has 0 bridgehead atoms. The molecule has 3 rings (SSSR count). The van der Waals surface area contributed by atoms with Gasteiger partial charge in [0.25, 0.3) is 0 Å². The Morgan fingerprint density at radius 3 is 1.39 bits per heavy atom. The van der Waals surface area contributed by atoms with E-state index in [-0.39, 0.29) is 0 Å². The van der Waals surface area contributed by atoms with Crippen LogP contribution in [0.3, 0.4) is 0 Å². The van der Waals surface area contributed by atoms with Gasteiger partial charge in [-0.1, -0.05) is 40.2 Å². The SMILES string of the molecule is C#CC#CC#CC#CC#COc1cccc(-c2cc(CBr)c(-c3cccc(OC#CC#CC#CC#CC#C)c3)cc2CCl)c1. The molecule has 0 unspecified atom stereocenters. The zero-order chi connectivity index (χ0) is 31.2. The molecule has 4 heteroatoms. The second-order valence-corrected chi connectivity index (χ2v) is 8.76. The topological polar surface area (TPSA) is 18.5 Å². The monoisotopic (exact) mass is 642 g/mol. The lowest BCUT2D eigenvalue weighted by Gasteiger charge is -2.16. The summed E-state index contributed by atoms with van der Waals surface area (Å²) < 4.78 is 11.1. The van der Waals surface area contributed by atoms with Gasteiger partial charge in [-0.2, -0.15) is 0 Å². The zero-order valence-electron chi connectivity index (χ0n) is 22.9. The maximum Gasteiger partial charge on any atom is 0.140 e. The van der Waals surface area contributed by atoms with Gasteiger partial charge in [0, 0.05) is 58.6 Å². The van der Waals surface area contributed by atoms with Gasteiger partial charge in [0.15, 0.2) is 0 Å². The summed E-state index contributed by atoms with van der Waals surface area (Å²) in [7, 11) is 0. The molecule has 0 saturated carbocycles. The normalized spacial score (nSPS) is 7.82. The van der Waals surface area contributed by atoms with Crippen molar-refractivity contribution in [3.63, 3.8) is 0 Å². The first-order valence-electron chi connectivity index (χ1n) is 12.4. The van der Waals surface area contributed by atoms with E-state index < -0.39 is 0 Å². The van der Waals surface area contributed by atoms with Crippen LogP contribution in [0.15, 0.2) is 60.7 Å². The van der Waals surface area contributed by atoms with Crippen molar-refractivity contribution < 1.29 is 9.47 Å². The molecule has 2 nitrogen and oxygen atoms in total. The van der Waals surface area contributed by atoms with E-state index in [2.05, 4.69) is 135 Å². The van der Waals surface area contributed by atoms with E-state index in [1.165, 1.54) is 0 Å². The first kappa shape index (κ1) is 32.1. The number of halogens is 2. The lowest BCUT2D eigenvalue weighted by Crippen LogP contribution is -1.95. The molecule has 0 atom stereocenters. The Labute approximate surface area is 272 Å². The molecule has 0 aromatic heterocycles. The summed E-state index contributed by atoms with van der Waals surface area (Å²) in [6, 6.07) is 19.4. The molecular weight excluding hydrogens is 628 g/mol. The molecular formula is C40H16BrClO2. The lowest BCUT2D eigenvalue weighted by atomic mass is 9.91. The predicted molar refractivity (Wildman–Crippen MR) is 181 cm³/mol. The highest BCUT2D eigenvalue weighted by atomic mass is 79.9. The summed E-state index contributed by atoms with van der Waals surface area (Å²) in [5.74, 6) is 41.0. The molecule has 0 spiro atoms. The highest BCUT2D eigenvalue weighted by Crippen LogP contribution is 2.36. The van der Waals surface area contributed by atoms with Gasteiger partial charge in [0.1, 0.15) is 23.7 Å². The van der Waals surface area contributed by atoms with Crippen molar-refractivity contribution in [3.8, 4) is 154 Å². The third kappa shape index (κ3) is 10.6. The average Bonchev–Trinajstić information content (AvgIpc) is 3.06. The number of hydrogen-bond acceptors (Lipinski definition) is 2. The van der Waals surface area contributed by atoms with Crippen molar-refractivity contribution in [1.82, 2.24) is 0 Å². The molecule has 0 amide bonds. The molecule has 202 valence electrons. The Morgan fingerprint density at radius 2 is 0.955 bits per heavy atom. The van der Waals surface area contributed by atoms with Crippen LogP contribution in [0.4, 0.5) is 0 Å². The molecule has 3 aromatic rings. The van der Waals surface area contributed by atoms with Gasteiger partial charge in [0.2, 0.25) is 0 Å². The summed E-state index contributed by atoms with van der Waals surface area (Å²) in [5, 5.41) is 0.614. The molecule has 0 radical (unpaired) electrons. The van der Waals surface area contributed by atoms with Gasteiger partial charge in [-0.15, -0.1) is 24.4 Å². The quantitative estimate of drug-likeness (QED) is 0.222. The first-order chi connectivity index (χ1) is 21.7. The third-order valence-corrected chi connectivity index (χ3v) is 6.13. The maximum absolute atomic E-state index is 6.43. The summed E-state index contributed by atoms with van der Waals surface area (Å²) in [6.45, 7) is 0. The predicted octanol–water partition coefficient (Wildman–Crippen LogP) is 6.62. The van der Waals surface area contributed by atoms with Crippen LogP contribution < -0.4 is 9.47 Å². The van der Waals surface area contributed by atoms with Crippen molar-refractivity contribution in [2.45, 2.75) is 11.2 Å². The molecule has 0 aliphatic rings. The Hall–Kier alpha value is -6.37. The maximum atomic E-state index is 6.43. The highest BCUT2D eigenvalue weighted by Gasteiger charge is 2.13. The van der Waals surface area contributed by atoms with E-state index in [9.17, 15) is 0 Å². The van der Waals surface area contributed by atoms with Gasteiger partial charge in [-0.05, 0) is 117 Å². The van der Waals surface area contributed by atoms with Crippen LogP contribution in [0.1, 0.15) is 11.1 Å². The van der Waals surface area contributed by atoms with Crippen LogP contribution >= 0.6 is 27.5 Å². The molecule has 3 aromatic carbocycles. The molecule has 0 N–H and O–H groups in total. The van der Waals surface area contributed by atoms with E-state index in [4.69, 9.17) is 33.9 Å². The van der Waals surface area contributed by atoms with E-state index in [0.717, 1.165) is 33.4 Å². The smallest absolute Gasteiger partial charge is 0.140 e. The van der Waals surface area contributed by atoms with Crippen molar-refractivity contribution in [2.75, 3.05) is 0 Å². The van der Waals surface area contributed by atoms with Crippen LogP contribution in [-0.2, 0) is 11.2 Å². The Kier molecular flexibility index (Phi) is 13.8. The minimum absolute atomic E-state index is 0.301. The fourth-order valence-corrected chi connectivity index (χ4v) is 4.19. The number of ether oxygens (including phenoxy) is 2. The van der Waals surface area contributed by atoms with Crippen LogP contribution in [-0.4, -0.2) is 0 Å². The molecule has 0 aliphatic carbocycles. The van der Waals surface area contributed by atoms with E-state index in [1.807, 2.05) is 48.5 Å². The number of rotatable bonds is 6. The van der Waals surface area contributed by atoms with E-state index in [0.29, 0.717) is 22.7 Å². The second kappa shape index (κ2) is 18.9. The molecule has 0 heterocycles. The fourth-order valence-electron chi connectivity index (χ4n) is 3.51. The Bertz CT molecular complexity index is 2010. The van der Waals surface area contributed by atoms with E-state index in [1.54, 1.807) is 0 Å². The van der Waals surface area contributed by atoms with Gasteiger partial charge in [-0.3, -0.25) is 0 Å². The highest BCUT2D eigenvalue weighted by molar-refractivity contribution is 9.08. The standard InChI is InChI=1S/C40H16BrClO2/c1-3-5-7-9-11-13-15-17-25-43-37-23-19-21-33(27-37)39-30-36(32-42)40(29-35(39)31-41)34-22-20-24-38(28-34)44-26-18-16-14-12-10-8-6-4-2/h1-2,19-24,27-30H,31-32H2. The van der Waals surface area contributed by atoms with Crippen LogP contribution in [0.2, 0.25) is 0 Å². The van der Waals surface area contributed by atoms with Gasteiger partial charge >= 0.3 is 0 Å². The van der Waals surface area contributed by atoms with Gasteiger partial charge in [-0.25, -0.2) is 0 Å². The Balaban J connectivity index is 1.83. The summed E-state index contributed by atoms with van der Waals surface area (Å²) in [4.78, 5) is 0. The number of alkyl halides is 2. The van der Waals surface area contributed by atoms with E-state index >= 15 is 0 Å². The zero-order valence-corrected chi connectivity index (χ0v) is 25.3. The summed E-state index contributed by atoms with van der Waals surface area (Å²) in [6.07, 6.45) is 15.2. The molecule has 0 aliphatic heterocycles. The minimum atomic E-state index is 0.301. The molecule has 0 fully saturated rings. The molecule has 44 heavy (non-hydrogen) atoms. The van der Waals surface area contributed by atoms with Crippen LogP contribution in [0, 0.1) is 120 Å². The summed E-state index contributed by atoms with van der Waals surface area (Å²) >= 11 is 10.1. The number of benzene rings is 3. The lowest BCUT2D eigenvalue weighted by molar-refractivity contribution is 0.520. The minimum Gasteiger partial charge on any atom is -0.407 e. The second-order valence-electron chi connectivity index (χ2n) is 7.94. The molecule has 0 saturated heterocycles. The van der Waals surface area contributed by atoms with Crippen molar-refractivity contribution in [2.24, 2.45) is 0 Å². The largest absolute Gasteiger partial charge is 0.407 e. The Morgan fingerprint density at radius 1 is 0.545 bits per heavy atom. The van der Waals surface area contributed by atoms with Crippen molar-refractivity contribution in [3.05, 3.63) is 71.8 Å². The van der Waals surface area contributed by atoms with Crippen molar-refractivity contribution >= 4 is 27.5 Å². The summed E-state index contributed by atoms with van der Waals surface area (Å²) in [5.41, 5.74) is 5.87. The van der Waals surface area contributed by atoms with Gasteiger partial charge < -0.3 is 9.47 Å². The first-order valence-corrected chi connectivity index (χ1v) is 14.1. The number of hydrogen-bond donors (Lipinski definition) is 0. The third-order valence-electron chi connectivity index (χ3n) is 5.24. The average molecular weight is 644 g/mol. The number of terminal acetylenes is 2. The van der Waals surface area contributed by atoms with Crippen LogP contribution in [0.25, 0.3) is 22.3 Å². The van der Waals surface area contributed by atoms with Crippen molar-refractivity contribution in [1.29, 1.82) is 0 Å². The van der Waals surface area contributed by atoms with Crippen LogP contribution in [0.5, 0.6) is 11.5 Å². The van der Waals surface area contributed by atoms with Gasteiger partial charge in [0.05, 0.1) is 0 Å².